The number of carbonyl (C=O) groups excluding carboxylic acids is 1. The van der Waals surface area contributed by atoms with Gasteiger partial charge in [0.1, 0.15) is 5.75 Å². The Labute approximate surface area is 123 Å². The Morgan fingerprint density at radius 2 is 2.00 bits per heavy atom. The average molecular weight is 292 g/mol. The van der Waals surface area contributed by atoms with E-state index in [4.69, 9.17) is 15.7 Å². The Morgan fingerprint density at radius 3 is 2.48 bits per heavy atom. The normalized spacial score (nSPS) is 12.0. The summed E-state index contributed by atoms with van der Waals surface area (Å²) in [7, 11) is 0. The van der Waals surface area contributed by atoms with Crippen LogP contribution in [0.4, 0.5) is 0 Å². The summed E-state index contributed by atoms with van der Waals surface area (Å²) in [5, 5.41) is 12.4. The van der Waals surface area contributed by atoms with Gasteiger partial charge in [-0.2, -0.15) is 5.10 Å². The largest absolute Gasteiger partial charge is 0.478 e. The zero-order chi connectivity index (χ0) is 15.9. The first-order chi connectivity index (χ1) is 9.89. The lowest BCUT2D eigenvalue weighted by Gasteiger charge is -2.21. The summed E-state index contributed by atoms with van der Waals surface area (Å²) in [6, 6.07) is 7.20. The number of aryl methyl sites for hydroxylation is 1. The SMILES string of the molecule is CC(C)(Oc1ccc(CCC/C(C=O)=N/N)cc1)C(=O)O. The summed E-state index contributed by atoms with van der Waals surface area (Å²) >= 11 is 0. The van der Waals surface area contributed by atoms with Crippen molar-refractivity contribution in [3.05, 3.63) is 29.8 Å². The van der Waals surface area contributed by atoms with Gasteiger partial charge in [-0.1, -0.05) is 12.1 Å². The Balaban J connectivity index is 2.55. The number of ether oxygens (including phenoxy) is 1. The van der Waals surface area contributed by atoms with Gasteiger partial charge in [0.05, 0.1) is 5.71 Å². The average Bonchev–Trinajstić information content (AvgIpc) is 2.45. The molecule has 6 nitrogen and oxygen atoms in total. The van der Waals surface area contributed by atoms with Gasteiger partial charge in [0.2, 0.25) is 0 Å². The maximum absolute atomic E-state index is 11.0. The fourth-order valence-electron chi connectivity index (χ4n) is 1.69. The van der Waals surface area contributed by atoms with Gasteiger partial charge in [-0.15, -0.1) is 0 Å². The van der Waals surface area contributed by atoms with E-state index in [2.05, 4.69) is 5.10 Å². The molecule has 0 aliphatic carbocycles. The zero-order valence-corrected chi connectivity index (χ0v) is 12.2. The summed E-state index contributed by atoms with van der Waals surface area (Å²) in [6.07, 6.45) is 2.72. The number of nitrogens with zero attached hydrogens (tertiary/aromatic N) is 1. The smallest absolute Gasteiger partial charge is 0.347 e. The van der Waals surface area contributed by atoms with E-state index in [0.29, 0.717) is 24.2 Å². The van der Waals surface area contributed by atoms with Crippen molar-refractivity contribution < 1.29 is 19.4 Å². The third-order valence-electron chi connectivity index (χ3n) is 3.01. The van der Waals surface area contributed by atoms with Crippen molar-refractivity contribution in [1.82, 2.24) is 0 Å². The molecule has 0 spiro atoms. The van der Waals surface area contributed by atoms with Gasteiger partial charge in [-0.25, -0.2) is 4.79 Å². The highest BCUT2D eigenvalue weighted by Crippen LogP contribution is 2.20. The van der Waals surface area contributed by atoms with E-state index in [1.165, 1.54) is 13.8 Å². The van der Waals surface area contributed by atoms with Crippen LogP contribution in [0.1, 0.15) is 32.3 Å². The van der Waals surface area contributed by atoms with Crippen LogP contribution in [-0.4, -0.2) is 28.7 Å². The quantitative estimate of drug-likeness (QED) is 0.329. The van der Waals surface area contributed by atoms with Gasteiger partial charge >= 0.3 is 5.97 Å². The minimum absolute atomic E-state index is 0.346. The number of aldehydes is 1. The van der Waals surface area contributed by atoms with Crippen LogP contribution in [0.15, 0.2) is 29.4 Å². The third kappa shape index (κ3) is 5.25. The Hall–Kier alpha value is -2.37. The van der Waals surface area contributed by atoms with E-state index < -0.39 is 11.6 Å². The van der Waals surface area contributed by atoms with Crippen molar-refractivity contribution >= 4 is 18.0 Å². The molecule has 0 aliphatic heterocycles. The molecule has 6 heteroatoms. The first-order valence-electron chi connectivity index (χ1n) is 6.62. The van der Waals surface area contributed by atoms with Gasteiger partial charge < -0.3 is 15.7 Å². The van der Waals surface area contributed by atoms with Gasteiger partial charge in [0.15, 0.2) is 11.9 Å². The van der Waals surface area contributed by atoms with Crippen molar-refractivity contribution in [2.45, 2.75) is 38.7 Å². The molecule has 1 rings (SSSR count). The van der Waals surface area contributed by atoms with E-state index in [0.717, 1.165) is 18.4 Å². The van der Waals surface area contributed by atoms with Crippen molar-refractivity contribution in [2.75, 3.05) is 0 Å². The molecule has 0 atom stereocenters. The lowest BCUT2D eigenvalue weighted by Crippen LogP contribution is -2.37. The third-order valence-corrected chi connectivity index (χ3v) is 3.01. The highest BCUT2D eigenvalue weighted by Gasteiger charge is 2.29. The minimum Gasteiger partial charge on any atom is -0.478 e. The molecule has 0 saturated carbocycles. The molecule has 3 N–H and O–H groups in total. The van der Waals surface area contributed by atoms with Crippen LogP contribution < -0.4 is 10.6 Å². The van der Waals surface area contributed by atoms with Crippen molar-refractivity contribution in [1.29, 1.82) is 0 Å². The predicted octanol–water partition coefficient (Wildman–Crippen LogP) is 1.76. The van der Waals surface area contributed by atoms with Crippen LogP contribution >= 0.6 is 0 Å². The van der Waals surface area contributed by atoms with E-state index in [1.807, 2.05) is 12.1 Å². The predicted molar refractivity (Wildman–Crippen MR) is 79.4 cm³/mol. The molecule has 0 heterocycles. The highest BCUT2D eigenvalue weighted by molar-refractivity contribution is 6.28. The molecular weight excluding hydrogens is 272 g/mol. The van der Waals surface area contributed by atoms with Crippen molar-refractivity contribution in [2.24, 2.45) is 10.9 Å². The number of carboxylic acid groups (broad SMARTS) is 1. The van der Waals surface area contributed by atoms with Gasteiger partial charge in [-0.05, 0) is 50.8 Å². The number of carboxylic acids is 1. The monoisotopic (exact) mass is 292 g/mol. The molecule has 0 radical (unpaired) electrons. The number of rotatable bonds is 8. The molecule has 0 bridgehead atoms. The van der Waals surface area contributed by atoms with Crippen LogP contribution in [0.25, 0.3) is 0 Å². The molecular formula is C15H20N2O4. The van der Waals surface area contributed by atoms with Gasteiger partial charge in [0, 0.05) is 0 Å². The van der Waals surface area contributed by atoms with Crippen LogP contribution in [-0.2, 0) is 16.0 Å². The van der Waals surface area contributed by atoms with E-state index in [-0.39, 0.29) is 0 Å². The lowest BCUT2D eigenvalue weighted by atomic mass is 10.1. The number of carbonyl (C=O) groups is 2. The van der Waals surface area contributed by atoms with Crippen molar-refractivity contribution in [3.63, 3.8) is 0 Å². The number of hydrazone groups is 1. The number of nitrogens with two attached hydrogens (primary N) is 1. The fraction of sp³-hybridized carbons (Fsp3) is 0.400. The molecule has 0 fully saturated rings. The van der Waals surface area contributed by atoms with E-state index >= 15 is 0 Å². The summed E-state index contributed by atoms with van der Waals surface area (Å²) in [4.78, 5) is 21.5. The van der Waals surface area contributed by atoms with Gasteiger partial charge in [-0.3, -0.25) is 4.79 Å². The number of aliphatic carboxylic acids is 1. The Morgan fingerprint density at radius 1 is 1.38 bits per heavy atom. The zero-order valence-electron chi connectivity index (χ0n) is 12.2. The lowest BCUT2D eigenvalue weighted by molar-refractivity contribution is -0.152. The Kier molecular flexibility index (Phi) is 5.90. The molecule has 1 aromatic carbocycles. The van der Waals surface area contributed by atoms with Gasteiger partial charge in [0.25, 0.3) is 0 Å². The second kappa shape index (κ2) is 7.42. The topological polar surface area (TPSA) is 102 Å². The van der Waals surface area contributed by atoms with Crippen LogP contribution in [0.2, 0.25) is 0 Å². The maximum atomic E-state index is 11.0. The molecule has 0 unspecified atom stereocenters. The fourth-order valence-corrected chi connectivity index (χ4v) is 1.69. The van der Waals surface area contributed by atoms with E-state index in [1.54, 1.807) is 12.1 Å². The summed E-state index contributed by atoms with van der Waals surface area (Å²) in [5.74, 6) is 4.54. The van der Waals surface area contributed by atoms with Crippen LogP contribution in [0.5, 0.6) is 5.75 Å². The minimum atomic E-state index is -1.27. The molecule has 114 valence electrons. The summed E-state index contributed by atoms with van der Waals surface area (Å²) in [5.41, 5.74) is 0.147. The van der Waals surface area contributed by atoms with E-state index in [9.17, 15) is 9.59 Å². The summed E-state index contributed by atoms with van der Waals surface area (Å²) < 4.78 is 5.41. The maximum Gasteiger partial charge on any atom is 0.347 e. The number of hydrogen-bond donors (Lipinski definition) is 2. The summed E-state index contributed by atoms with van der Waals surface area (Å²) in [6.45, 7) is 2.99. The first-order valence-corrected chi connectivity index (χ1v) is 6.62. The standard InChI is InChI=1S/C15H20N2O4/c1-15(2,14(19)20)21-13-8-6-11(7-9-13)4-3-5-12(10-18)17-16/h6-10H,3-5,16H2,1-2H3,(H,19,20)/b17-12-. The number of benzene rings is 1. The molecule has 0 amide bonds. The second-order valence-corrected chi connectivity index (χ2v) is 5.15. The Bertz CT molecular complexity index is 521. The molecule has 1 aromatic rings. The molecule has 21 heavy (non-hydrogen) atoms. The van der Waals surface area contributed by atoms with Crippen molar-refractivity contribution in [3.8, 4) is 5.75 Å². The van der Waals surface area contributed by atoms with Crippen LogP contribution in [0, 0.1) is 0 Å². The van der Waals surface area contributed by atoms with Crippen LogP contribution in [0.3, 0.4) is 0 Å². The molecule has 0 aromatic heterocycles. The number of hydrogen-bond acceptors (Lipinski definition) is 5. The highest BCUT2D eigenvalue weighted by atomic mass is 16.5. The first kappa shape index (κ1) is 16.7. The molecule has 0 aliphatic rings. The second-order valence-electron chi connectivity index (χ2n) is 5.15. The molecule has 0 saturated heterocycles.